The number of hydrogen-bond acceptors (Lipinski definition) is 5. The number of methoxy groups -OCH3 is 1. The van der Waals surface area contributed by atoms with Crippen LogP contribution >= 0.6 is 11.3 Å². The Morgan fingerprint density at radius 1 is 1.43 bits per heavy atom. The molecule has 0 saturated heterocycles. The lowest BCUT2D eigenvalue weighted by Gasteiger charge is -1.99. The van der Waals surface area contributed by atoms with Gasteiger partial charge in [0.15, 0.2) is 5.78 Å². The minimum atomic E-state index is -0.542. The first kappa shape index (κ1) is 10.9. The average Bonchev–Trinajstić information content (AvgIpc) is 2.64. The van der Waals surface area contributed by atoms with Gasteiger partial charge in [0.05, 0.1) is 18.0 Å². The van der Waals surface area contributed by atoms with Gasteiger partial charge in [-0.1, -0.05) is 0 Å². The summed E-state index contributed by atoms with van der Waals surface area (Å²) in [5, 5.41) is 0. The van der Waals surface area contributed by atoms with Crippen LogP contribution in [0.1, 0.15) is 26.3 Å². The molecular formula is C9H11NO3S. The first-order valence-electron chi connectivity index (χ1n) is 4.04. The molecule has 76 valence electrons. The lowest BCUT2D eigenvalue weighted by molar-refractivity contribution is 0.0606. The minimum Gasteiger partial charge on any atom is -0.465 e. The molecule has 0 fully saturated rings. The Bertz CT molecular complexity index is 357. The van der Waals surface area contributed by atoms with Crippen LogP contribution in [0.2, 0.25) is 0 Å². The zero-order chi connectivity index (χ0) is 10.7. The Labute approximate surface area is 85.7 Å². The van der Waals surface area contributed by atoms with Gasteiger partial charge in [0, 0.05) is 0 Å². The maximum Gasteiger partial charge on any atom is 0.348 e. The topological polar surface area (TPSA) is 69.4 Å². The van der Waals surface area contributed by atoms with E-state index >= 15 is 0 Å². The zero-order valence-electron chi connectivity index (χ0n) is 7.94. The maximum atomic E-state index is 11.4. The Kier molecular flexibility index (Phi) is 3.38. The monoisotopic (exact) mass is 213 g/mol. The van der Waals surface area contributed by atoms with E-state index in [1.807, 2.05) is 0 Å². The molecule has 5 heteroatoms. The van der Waals surface area contributed by atoms with E-state index in [0.29, 0.717) is 9.75 Å². The third-order valence-electron chi connectivity index (χ3n) is 1.65. The summed E-state index contributed by atoms with van der Waals surface area (Å²) in [7, 11) is 1.30. The van der Waals surface area contributed by atoms with Gasteiger partial charge in [-0.2, -0.15) is 0 Å². The molecular weight excluding hydrogens is 202 g/mol. The van der Waals surface area contributed by atoms with E-state index < -0.39 is 12.0 Å². The normalized spacial score (nSPS) is 12.2. The highest BCUT2D eigenvalue weighted by Crippen LogP contribution is 2.18. The predicted octanol–water partition coefficient (Wildman–Crippen LogP) is 1.06. The lowest BCUT2D eigenvalue weighted by Crippen LogP contribution is -2.25. The second-order valence-corrected chi connectivity index (χ2v) is 3.89. The Balaban J connectivity index is 2.88. The quantitative estimate of drug-likeness (QED) is 0.602. The molecule has 1 unspecified atom stereocenters. The maximum absolute atomic E-state index is 11.4. The van der Waals surface area contributed by atoms with Gasteiger partial charge in [0.1, 0.15) is 4.88 Å². The molecule has 0 saturated carbocycles. The lowest BCUT2D eigenvalue weighted by atomic mass is 10.2. The van der Waals surface area contributed by atoms with Crippen molar-refractivity contribution in [1.82, 2.24) is 0 Å². The molecule has 1 aromatic rings. The van der Waals surface area contributed by atoms with Crippen LogP contribution in [0, 0.1) is 0 Å². The molecule has 2 N–H and O–H groups in total. The van der Waals surface area contributed by atoms with E-state index in [4.69, 9.17) is 5.73 Å². The van der Waals surface area contributed by atoms with Crippen LogP contribution in [0.25, 0.3) is 0 Å². The third-order valence-corrected chi connectivity index (χ3v) is 2.73. The van der Waals surface area contributed by atoms with Crippen LogP contribution in [0.15, 0.2) is 12.1 Å². The van der Waals surface area contributed by atoms with Gasteiger partial charge in [0.2, 0.25) is 0 Å². The van der Waals surface area contributed by atoms with Gasteiger partial charge in [-0.25, -0.2) is 4.79 Å². The van der Waals surface area contributed by atoms with Crippen molar-refractivity contribution in [2.24, 2.45) is 5.73 Å². The fraction of sp³-hybridized carbons (Fsp3) is 0.333. The molecule has 0 aliphatic carbocycles. The number of carbonyl (C=O) groups is 2. The summed E-state index contributed by atoms with van der Waals surface area (Å²) in [6, 6.07) is 2.61. The fourth-order valence-electron chi connectivity index (χ4n) is 0.905. The number of hydrogen-bond donors (Lipinski definition) is 1. The number of ether oxygens (including phenoxy) is 1. The molecule has 4 nitrogen and oxygen atoms in total. The SMILES string of the molecule is COC(=O)c1ccc(C(=O)C(C)N)s1. The van der Waals surface area contributed by atoms with Crippen LogP contribution in [0.3, 0.4) is 0 Å². The van der Waals surface area contributed by atoms with Crippen molar-refractivity contribution in [3.63, 3.8) is 0 Å². The molecule has 0 bridgehead atoms. The van der Waals surface area contributed by atoms with E-state index in [-0.39, 0.29) is 5.78 Å². The molecule has 0 aliphatic rings. The smallest absolute Gasteiger partial charge is 0.348 e. The van der Waals surface area contributed by atoms with Crippen molar-refractivity contribution in [3.05, 3.63) is 21.9 Å². The second kappa shape index (κ2) is 4.34. The van der Waals surface area contributed by atoms with Gasteiger partial charge in [0.25, 0.3) is 0 Å². The average molecular weight is 213 g/mol. The van der Waals surface area contributed by atoms with Crippen LogP contribution in [0.4, 0.5) is 0 Å². The van der Waals surface area contributed by atoms with Crippen LogP contribution in [0.5, 0.6) is 0 Å². The molecule has 1 heterocycles. The van der Waals surface area contributed by atoms with Crippen LogP contribution < -0.4 is 5.73 Å². The molecule has 1 aromatic heterocycles. The second-order valence-electron chi connectivity index (χ2n) is 2.81. The van der Waals surface area contributed by atoms with E-state index in [1.165, 1.54) is 7.11 Å². The van der Waals surface area contributed by atoms with Crippen molar-refractivity contribution < 1.29 is 14.3 Å². The van der Waals surface area contributed by atoms with Crippen LogP contribution in [-0.2, 0) is 4.74 Å². The van der Waals surface area contributed by atoms with E-state index in [9.17, 15) is 9.59 Å². The summed E-state index contributed by atoms with van der Waals surface area (Å²) in [5.41, 5.74) is 5.43. The number of rotatable bonds is 3. The van der Waals surface area contributed by atoms with Crippen molar-refractivity contribution >= 4 is 23.1 Å². The highest BCUT2D eigenvalue weighted by Gasteiger charge is 2.16. The number of esters is 1. The standard InChI is InChI=1S/C9H11NO3S/c1-5(10)8(11)6-3-4-7(14-6)9(12)13-2/h3-5H,10H2,1-2H3. The number of ketones is 1. The summed E-state index contributed by atoms with van der Waals surface area (Å²) in [4.78, 5) is 23.4. The Morgan fingerprint density at radius 2 is 2.00 bits per heavy atom. The largest absolute Gasteiger partial charge is 0.465 e. The van der Waals surface area contributed by atoms with Gasteiger partial charge < -0.3 is 10.5 Å². The molecule has 1 atom stereocenters. The number of carbonyl (C=O) groups excluding carboxylic acids is 2. The third kappa shape index (κ3) is 2.18. The number of Topliss-reactive ketones (excluding diaryl/α,β-unsaturated/α-hetero) is 1. The minimum absolute atomic E-state index is 0.162. The zero-order valence-corrected chi connectivity index (χ0v) is 8.76. The van der Waals surface area contributed by atoms with Crippen molar-refractivity contribution in [3.8, 4) is 0 Å². The molecule has 0 radical (unpaired) electrons. The summed E-state index contributed by atoms with van der Waals surface area (Å²) < 4.78 is 4.52. The van der Waals surface area contributed by atoms with Gasteiger partial charge in [-0.05, 0) is 19.1 Å². The Morgan fingerprint density at radius 3 is 2.50 bits per heavy atom. The first-order chi connectivity index (χ1) is 6.56. The molecule has 14 heavy (non-hydrogen) atoms. The Hall–Kier alpha value is -1.20. The fourth-order valence-corrected chi connectivity index (χ4v) is 1.87. The van der Waals surface area contributed by atoms with E-state index in [0.717, 1.165) is 11.3 Å². The molecule has 1 rings (SSSR count). The summed E-state index contributed by atoms with van der Waals surface area (Å²) in [6.45, 7) is 1.61. The first-order valence-corrected chi connectivity index (χ1v) is 4.86. The van der Waals surface area contributed by atoms with Crippen molar-refractivity contribution in [2.45, 2.75) is 13.0 Å². The van der Waals surface area contributed by atoms with E-state index in [1.54, 1.807) is 19.1 Å². The van der Waals surface area contributed by atoms with E-state index in [2.05, 4.69) is 4.74 Å². The van der Waals surface area contributed by atoms with Gasteiger partial charge in [-0.15, -0.1) is 11.3 Å². The highest BCUT2D eigenvalue weighted by molar-refractivity contribution is 7.15. The van der Waals surface area contributed by atoms with Gasteiger partial charge >= 0.3 is 5.97 Å². The number of nitrogens with two attached hydrogens (primary N) is 1. The molecule has 0 aliphatic heterocycles. The molecule has 0 aromatic carbocycles. The molecule has 0 spiro atoms. The predicted molar refractivity (Wildman–Crippen MR) is 53.6 cm³/mol. The van der Waals surface area contributed by atoms with Gasteiger partial charge in [-0.3, -0.25) is 4.79 Å². The summed E-state index contributed by atoms with van der Waals surface area (Å²) in [6.07, 6.45) is 0. The van der Waals surface area contributed by atoms with Crippen molar-refractivity contribution in [1.29, 1.82) is 0 Å². The number of thiophene rings is 1. The van der Waals surface area contributed by atoms with Crippen LogP contribution in [-0.4, -0.2) is 24.9 Å². The van der Waals surface area contributed by atoms with Crippen molar-refractivity contribution in [2.75, 3.05) is 7.11 Å². The highest BCUT2D eigenvalue weighted by atomic mass is 32.1. The molecule has 0 amide bonds. The summed E-state index contributed by atoms with van der Waals surface area (Å²) >= 11 is 1.10. The summed E-state index contributed by atoms with van der Waals surface area (Å²) in [5.74, 6) is -0.594.